The highest BCUT2D eigenvalue weighted by Crippen LogP contribution is 2.18. The lowest BCUT2D eigenvalue weighted by Crippen LogP contribution is -2.31. The normalized spacial score (nSPS) is 11.1. The summed E-state index contributed by atoms with van der Waals surface area (Å²) in [7, 11) is 1.64. The molecule has 0 aliphatic heterocycles. The number of thiophene rings is 1. The van der Waals surface area contributed by atoms with Crippen molar-refractivity contribution in [1.29, 1.82) is 0 Å². The Bertz CT molecular complexity index is 689. The van der Waals surface area contributed by atoms with Crippen molar-refractivity contribution in [3.8, 4) is 0 Å². The molecule has 0 atom stereocenters. The molecule has 0 aliphatic carbocycles. The molecule has 0 spiro atoms. The monoisotopic (exact) mass is 334 g/mol. The number of aryl methyl sites for hydroxylation is 2. The van der Waals surface area contributed by atoms with Crippen LogP contribution >= 0.6 is 11.3 Å². The van der Waals surface area contributed by atoms with Gasteiger partial charge in [0.05, 0.1) is 13.1 Å². The molecule has 0 amide bonds. The third kappa shape index (κ3) is 4.53. The van der Waals surface area contributed by atoms with Gasteiger partial charge in [0, 0.05) is 28.4 Å². The number of nitrogens with zero attached hydrogens (tertiary/aromatic N) is 2. The number of aliphatic carboxylic acids is 1. The van der Waals surface area contributed by atoms with Crippen molar-refractivity contribution in [2.24, 2.45) is 0 Å². The molecule has 2 heterocycles. The highest BCUT2D eigenvalue weighted by Gasteiger charge is 2.18. The molecule has 2 aromatic rings. The minimum Gasteiger partial charge on any atom is -0.480 e. The molecule has 124 valence electrons. The number of aromatic nitrogens is 1. The SMILES string of the molecule is Cc1cc(C(=O)CN(C)CC(=O)O)c(C)n1CCc1cccs1. The van der Waals surface area contributed by atoms with Gasteiger partial charge in [-0.1, -0.05) is 6.07 Å². The summed E-state index contributed by atoms with van der Waals surface area (Å²) in [6, 6.07) is 6.06. The van der Waals surface area contributed by atoms with Gasteiger partial charge in [-0.15, -0.1) is 11.3 Å². The molecule has 6 heteroatoms. The summed E-state index contributed by atoms with van der Waals surface area (Å²) in [5.41, 5.74) is 2.70. The second kappa shape index (κ2) is 7.57. The Hall–Kier alpha value is -1.92. The van der Waals surface area contributed by atoms with Crippen LogP contribution in [0, 0.1) is 13.8 Å². The van der Waals surface area contributed by atoms with E-state index >= 15 is 0 Å². The van der Waals surface area contributed by atoms with Crippen LogP contribution in [0.25, 0.3) is 0 Å². The largest absolute Gasteiger partial charge is 0.480 e. The molecular formula is C17H22N2O3S. The third-order valence-electron chi connectivity index (χ3n) is 3.85. The lowest BCUT2D eigenvalue weighted by molar-refractivity contribution is -0.137. The van der Waals surface area contributed by atoms with E-state index in [1.165, 1.54) is 9.78 Å². The lowest BCUT2D eigenvalue weighted by Gasteiger charge is -2.13. The van der Waals surface area contributed by atoms with Gasteiger partial charge in [-0.05, 0) is 44.8 Å². The summed E-state index contributed by atoms with van der Waals surface area (Å²) < 4.78 is 2.16. The predicted molar refractivity (Wildman–Crippen MR) is 91.4 cm³/mol. The fourth-order valence-electron chi connectivity index (χ4n) is 2.72. The second-order valence-corrected chi connectivity index (χ2v) is 6.79. The number of carbonyl (C=O) groups excluding carboxylic acids is 1. The summed E-state index contributed by atoms with van der Waals surface area (Å²) in [6.07, 6.45) is 0.945. The Morgan fingerprint density at radius 2 is 2.04 bits per heavy atom. The summed E-state index contributed by atoms with van der Waals surface area (Å²) in [5, 5.41) is 10.8. The Kier molecular flexibility index (Phi) is 5.74. The number of carboxylic acid groups (broad SMARTS) is 1. The summed E-state index contributed by atoms with van der Waals surface area (Å²) >= 11 is 1.74. The van der Waals surface area contributed by atoms with Crippen LogP contribution in [0.15, 0.2) is 23.6 Å². The fraction of sp³-hybridized carbons (Fsp3) is 0.412. The number of rotatable bonds is 8. The first kappa shape index (κ1) is 17.4. The van der Waals surface area contributed by atoms with Gasteiger partial charge >= 0.3 is 5.97 Å². The number of hydrogen-bond donors (Lipinski definition) is 1. The molecular weight excluding hydrogens is 312 g/mol. The molecule has 0 saturated heterocycles. The van der Waals surface area contributed by atoms with E-state index in [2.05, 4.69) is 16.0 Å². The van der Waals surface area contributed by atoms with Crippen molar-refractivity contribution in [2.75, 3.05) is 20.1 Å². The van der Waals surface area contributed by atoms with Crippen LogP contribution in [0.2, 0.25) is 0 Å². The molecule has 1 N–H and O–H groups in total. The number of hydrogen-bond acceptors (Lipinski definition) is 4. The zero-order valence-corrected chi connectivity index (χ0v) is 14.5. The first-order chi connectivity index (χ1) is 10.9. The molecule has 0 saturated carbocycles. The molecule has 2 rings (SSSR count). The standard InChI is InChI=1S/C17H22N2O3S/c1-12-9-15(16(20)10-18(3)11-17(21)22)13(2)19(12)7-6-14-5-4-8-23-14/h4-5,8-9H,6-7,10-11H2,1-3H3,(H,21,22). The smallest absolute Gasteiger partial charge is 0.317 e. The van der Waals surface area contributed by atoms with Crippen molar-refractivity contribution >= 4 is 23.1 Å². The minimum absolute atomic E-state index is 0.0378. The van der Waals surface area contributed by atoms with Crippen LogP contribution < -0.4 is 0 Å². The van der Waals surface area contributed by atoms with E-state index in [0.717, 1.165) is 24.4 Å². The van der Waals surface area contributed by atoms with Gasteiger partial charge in [-0.25, -0.2) is 0 Å². The number of ketones is 1. The zero-order valence-electron chi connectivity index (χ0n) is 13.7. The molecule has 0 bridgehead atoms. The predicted octanol–water partition coefficient (Wildman–Crippen LogP) is 2.61. The Balaban J connectivity index is 2.07. The number of Topliss-reactive ketones (excluding diaryl/α,β-unsaturated/α-hetero) is 1. The number of likely N-dealkylation sites (N-methyl/N-ethyl adjacent to an activating group) is 1. The average molecular weight is 334 g/mol. The molecule has 0 unspecified atom stereocenters. The van der Waals surface area contributed by atoms with Crippen molar-refractivity contribution < 1.29 is 14.7 Å². The van der Waals surface area contributed by atoms with Gasteiger partial charge in [0.2, 0.25) is 0 Å². The van der Waals surface area contributed by atoms with Gasteiger partial charge in [0.25, 0.3) is 0 Å². The molecule has 0 aliphatic rings. The fourth-order valence-corrected chi connectivity index (χ4v) is 3.42. The second-order valence-electron chi connectivity index (χ2n) is 5.76. The van der Waals surface area contributed by atoms with Crippen molar-refractivity contribution in [2.45, 2.75) is 26.8 Å². The van der Waals surface area contributed by atoms with Crippen LogP contribution in [0.3, 0.4) is 0 Å². The zero-order chi connectivity index (χ0) is 17.0. The molecule has 23 heavy (non-hydrogen) atoms. The van der Waals surface area contributed by atoms with Crippen molar-refractivity contribution in [1.82, 2.24) is 9.47 Å². The number of carbonyl (C=O) groups is 2. The lowest BCUT2D eigenvalue weighted by atomic mass is 10.1. The summed E-state index contributed by atoms with van der Waals surface area (Å²) in [6.45, 7) is 4.77. The number of carboxylic acids is 1. The van der Waals surface area contributed by atoms with E-state index < -0.39 is 5.97 Å². The van der Waals surface area contributed by atoms with Crippen LogP contribution in [0.5, 0.6) is 0 Å². The van der Waals surface area contributed by atoms with Crippen molar-refractivity contribution in [3.63, 3.8) is 0 Å². The van der Waals surface area contributed by atoms with Gasteiger partial charge in [0.1, 0.15) is 0 Å². The van der Waals surface area contributed by atoms with Crippen molar-refractivity contribution in [3.05, 3.63) is 45.4 Å². The molecule has 0 aromatic carbocycles. The van der Waals surface area contributed by atoms with E-state index in [1.807, 2.05) is 26.0 Å². The maximum Gasteiger partial charge on any atom is 0.317 e. The summed E-state index contributed by atoms with van der Waals surface area (Å²) in [4.78, 5) is 25.9. The molecule has 0 fully saturated rings. The summed E-state index contributed by atoms with van der Waals surface area (Å²) in [5.74, 6) is -0.967. The van der Waals surface area contributed by atoms with Gasteiger partial charge in [-0.2, -0.15) is 0 Å². The molecule has 0 radical (unpaired) electrons. The highest BCUT2D eigenvalue weighted by atomic mass is 32.1. The van der Waals surface area contributed by atoms with E-state index in [1.54, 1.807) is 18.4 Å². The molecule has 5 nitrogen and oxygen atoms in total. The Labute approximate surface area is 140 Å². The maximum atomic E-state index is 12.4. The van der Waals surface area contributed by atoms with Crippen LogP contribution in [0.1, 0.15) is 26.6 Å². The Morgan fingerprint density at radius 1 is 1.30 bits per heavy atom. The third-order valence-corrected chi connectivity index (χ3v) is 4.79. The van der Waals surface area contributed by atoms with Crippen LogP contribution in [0.4, 0.5) is 0 Å². The first-order valence-corrected chi connectivity index (χ1v) is 8.39. The van der Waals surface area contributed by atoms with E-state index in [-0.39, 0.29) is 18.9 Å². The minimum atomic E-state index is -0.929. The Morgan fingerprint density at radius 3 is 2.65 bits per heavy atom. The van der Waals surface area contributed by atoms with E-state index in [0.29, 0.717) is 5.56 Å². The van der Waals surface area contributed by atoms with E-state index in [4.69, 9.17) is 5.11 Å². The maximum absolute atomic E-state index is 12.4. The molecule has 2 aromatic heterocycles. The average Bonchev–Trinajstić information content (AvgIpc) is 3.05. The van der Waals surface area contributed by atoms with Crippen LogP contribution in [-0.2, 0) is 17.8 Å². The topological polar surface area (TPSA) is 62.5 Å². The van der Waals surface area contributed by atoms with Gasteiger partial charge in [-0.3, -0.25) is 14.5 Å². The first-order valence-electron chi connectivity index (χ1n) is 7.51. The quantitative estimate of drug-likeness (QED) is 0.754. The van der Waals surface area contributed by atoms with Gasteiger partial charge < -0.3 is 9.67 Å². The van der Waals surface area contributed by atoms with Crippen LogP contribution in [-0.4, -0.2) is 46.5 Å². The van der Waals surface area contributed by atoms with Gasteiger partial charge in [0.15, 0.2) is 5.78 Å². The van der Waals surface area contributed by atoms with E-state index in [9.17, 15) is 9.59 Å². The highest BCUT2D eigenvalue weighted by molar-refractivity contribution is 7.09.